The number of amides is 10. The van der Waals surface area contributed by atoms with Gasteiger partial charge in [-0.1, -0.05) is 60.7 Å². The molecule has 0 aliphatic heterocycles. The first kappa shape index (κ1) is 67.7. The average Bonchev–Trinajstić information content (AvgIpc) is 3.99. The number of H-pyrrole nitrogens is 1. The van der Waals surface area contributed by atoms with E-state index in [9.17, 15) is 87.9 Å². The number of carbonyl (C=O) groups is 13. The number of aliphatic hydroxyl groups is 2. The Hall–Kier alpha value is -8.85. The Kier molecular flexibility index (Phi) is 25.9. The van der Waals surface area contributed by atoms with Crippen molar-refractivity contribution in [3.63, 3.8) is 0 Å². The molecule has 30 nitrogen and oxygen atoms in total. The van der Waals surface area contributed by atoms with Crippen LogP contribution in [0.2, 0.25) is 0 Å². The molecule has 0 bridgehead atoms. The minimum absolute atomic E-state index is 0.0785. The van der Waals surface area contributed by atoms with E-state index in [1.165, 1.54) is 6.20 Å². The number of hydrogen-bond acceptors (Lipinski definition) is 18. The molecule has 32 heteroatoms. The molecular formula is C52H66N12O18S2. The molecule has 11 atom stereocenters. The molecule has 0 fully saturated rings. The van der Waals surface area contributed by atoms with Crippen LogP contribution in [0.3, 0.4) is 0 Å². The Labute approximate surface area is 488 Å². The van der Waals surface area contributed by atoms with Crippen LogP contribution < -0.4 is 59.3 Å². The molecule has 0 saturated carbocycles. The maximum absolute atomic E-state index is 14.0. The van der Waals surface area contributed by atoms with Crippen LogP contribution in [0, 0.1) is 0 Å². The maximum Gasteiger partial charge on any atom is 0.327 e. The lowest BCUT2D eigenvalue weighted by Gasteiger charge is -2.28. The average molecular weight is 1210 g/mol. The van der Waals surface area contributed by atoms with Crippen LogP contribution in [0.15, 0.2) is 72.9 Å². The highest BCUT2D eigenvalue weighted by molar-refractivity contribution is 7.80. The van der Waals surface area contributed by atoms with Gasteiger partial charge in [0, 0.05) is 41.4 Å². The summed E-state index contributed by atoms with van der Waals surface area (Å²) in [6.07, 6.45) is -6.08. The van der Waals surface area contributed by atoms with Crippen LogP contribution in [-0.4, -0.2) is 192 Å². The lowest BCUT2D eigenvalue weighted by atomic mass is 9.98. The van der Waals surface area contributed by atoms with Gasteiger partial charge in [0.2, 0.25) is 59.1 Å². The predicted octanol–water partition coefficient (Wildman–Crippen LogP) is -5.04. The molecule has 3 aromatic carbocycles. The van der Waals surface area contributed by atoms with Crippen molar-refractivity contribution in [3.05, 3.63) is 84.1 Å². The van der Waals surface area contributed by atoms with Crippen LogP contribution in [-0.2, 0) is 75.2 Å². The number of carboxylic acids is 3. The summed E-state index contributed by atoms with van der Waals surface area (Å²) in [5, 5.41) is 72.1. The van der Waals surface area contributed by atoms with Crippen molar-refractivity contribution in [3.8, 4) is 0 Å². The molecule has 0 aliphatic rings. The van der Waals surface area contributed by atoms with Crippen molar-refractivity contribution >= 4 is 124 Å². The van der Waals surface area contributed by atoms with Crippen LogP contribution >= 0.6 is 25.3 Å². The minimum atomic E-state index is -2.23. The normalized spacial score (nSPS) is 15.0. The number of aromatic amines is 1. The number of nitrogens with one attached hydrogen (secondary N) is 10. The van der Waals surface area contributed by atoms with E-state index in [0.29, 0.717) is 22.0 Å². The quantitative estimate of drug-likeness (QED) is 0.0199. The Morgan fingerprint density at radius 3 is 1.49 bits per heavy atom. The summed E-state index contributed by atoms with van der Waals surface area (Å²) in [5.74, 6) is -17.5. The lowest BCUT2D eigenvalue weighted by Crippen LogP contribution is -2.62. The van der Waals surface area contributed by atoms with Gasteiger partial charge in [-0.15, -0.1) is 0 Å². The van der Waals surface area contributed by atoms with E-state index >= 15 is 0 Å². The van der Waals surface area contributed by atoms with E-state index in [-0.39, 0.29) is 12.2 Å². The summed E-state index contributed by atoms with van der Waals surface area (Å²) >= 11 is 7.92. The molecular weight excluding hydrogens is 1140 g/mol. The van der Waals surface area contributed by atoms with Crippen molar-refractivity contribution < 1.29 is 87.9 Å². The van der Waals surface area contributed by atoms with Crippen molar-refractivity contribution in [2.45, 2.75) is 113 Å². The molecule has 4 rings (SSSR count). The number of carboxylic acid groups (broad SMARTS) is 3. The topological polar surface area (TPSA) is 499 Å². The third-order valence-corrected chi connectivity index (χ3v) is 13.4. The van der Waals surface area contributed by atoms with Crippen molar-refractivity contribution in [2.24, 2.45) is 11.5 Å². The fourth-order valence-electron chi connectivity index (χ4n) is 8.28. The number of primary amides is 1. The number of hydrogen-bond donors (Lipinski definition) is 19. The Bertz CT molecular complexity index is 3100. The summed E-state index contributed by atoms with van der Waals surface area (Å²) in [6.45, 7) is 1.18. The first-order valence-corrected chi connectivity index (χ1v) is 26.9. The van der Waals surface area contributed by atoms with Crippen LogP contribution in [0.1, 0.15) is 44.2 Å². The highest BCUT2D eigenvalue weighted by Crippen LogP contribution is 2.21. The summed E-state index contributed by atoms with van der Waals surface area (Å²) < 4.78 is 0. The molecule has 4 aromatic rings. The molecule has 1 aromatic heterocycles. The number of rotatable bonds is 33. The van der Waals surface area contributed by atoms with Gasteiger partial charge in [0.15, 0.2) is 0 Å². The Balaban J connectivity index is 1.52. The van der Waals surface area contributed by atoms with Crippen LogP contribution in [0.25, 0.3) is 21.7 Å². The number of nitrogens with two attached hydrogens (primary N) is 2. The second-order valence-electron chi connectivity index (χ2n) is 19.2. The van der Waals surface area contributed by atoms with Gasteiger partial charge in [0.25, 0.3) is 0 Å². The van der Waals surface area contributed by atoms with E-state index in [4.69, 9.17) is 11.5 Å². The molecule has 10 amide bonds. The number of fused-ring (bicyclic) bond motifs is 2. The number of para-hydroxylation sites is 1. The third-order valence-electron chi connectivity index (χ3n) is 12.6. The summed E-state index contributed by atoms with van der Waals surface area (Å²) in [6, 6.07) is 3.09. The molecule has 0 radical (unpaired) electrons. The van der Waals surface area contributed by atoms with Crippen LogP contribution in [0.5, 0.6) is 0 Å². The second kappa shape index (κ2) is 32.1. The van der Waals surface area contributed by atoms with Crippen molar-refractivity contribution in [1.29, 1.82) is 0 Å². The van der Waals surface area contributed by atoms with Crippen molar-refractivity contribution in [1.82, 2.24) is 52.8 Å². The fraction of sp³-hybridized carbons (Fsp3) is 0.404. The molecule has 0 unspecified atom stereocenters. The number of thiol groups is 2. The Morgan fingerprint density at radius 1 is 0.500 bits per heavy atom. The zero-order chi connectivity index (χ0) is 62.5. The number of carbonyl (C=O) groups excluding carboxylic acids is 10. The monoisotopic (exact) mass is 1210 g/mol. The number of aromatic nitrogens is 1. The van der Waals surface area contributed by atoms with E-state index in [1.807, 2.05) is 22.8 Å². The number of benzene rings is 3. The second-order valence-corrected chi connectivity index (χ2v) is 19.9. The highest BCUT2D eigenvalue weighted by Gasteiger charge is 2.38. The summed E-state index contributed by atoms with van der Waals surface area (Å²) in [4.78, 5) is 173. The van der Waals surface area contributed by atoms with E-state index < -0.39 is 182 Å². The van der Waals surface area contributed by atoms with Gasteiger partial charge >= 0.3 is 17.9 Å². The van der Waals surface area contributed by atoms with Gasteiger partial charge in [0.1, 0.15) is 48.3 Å². The van der Waals surface area contributed by atoms with Gasteiger partial charge in [0.05, 0.1) is 44.1 Å². The molecule has 0 spiro atoms. The van der Waals surface area contributed by atoms with Crippen LogP contribution in [0.4, 0.5) is 0 Å². The molecule has 0 saturated heterocycles. The fourth-order valence-corrected chi connectivity index (χ4v) is 8.69. The standard InChI is InChI=1S/C52H66N12O18S2/c1-23(65)42(64-49(78)34(16-38(54)67)57-39(68)20-56-45(74)32(58-44(73)30(53)21-83)14-26-10-7-9-25-8-3-4-11-28(25)26)50(79)61-36(18-41(71)72)47(76)60-35(17-40(69)70)46(75)59-33(15-27-19-55-31-13-6-5-12-29(27)31)48(77)63-43(24(2)66)51(80)62-37(22-84)52(81)82/h3-13,19,23-24,30,32-37,42-43,55,65-66,83-84H,14-18,20-22,53H2,1-2H3,(H2,54,67)(H,56,74)(H,57,68)(H,58,73)(H,59,75)(H,60,76)(H,61,79)(H,62,80)(H,63,77)(H,64,78)(H,69,70)(H,71,72)(H,81,82)/t23-,24-,30+,32+,33+,34+,35+,36+,37+,42+,43+/m1/s1. The molecule has 1 heterocycles. The van der Waals surface area contributed by atoms with Gasteiger partial charge in [-0.05, 0) is 41.8 Å². The summed E-state index contributed by atoms with van der Waals surface area (Å²) in [5.41, 5.74) is 12.8. The van der Waals surface area contributed by atoms with Gasteiger partial charge in [-0.2, -0.15) is 25.3 Å². The highest BCUT2D eigenvalue weighted by atomic mass is 32.1. The number of aliphatic carboxylic acids is 3. The molecule has 19 N–H and O–H groups in total. The first-order valence-electron chi connectivity index (χ1n) is 25.6. The summed E-state index contributed by atoms with van der Waals surface area (Å²) in [7, 11) is 0. The van der Waals surface area contributed by atoms with Gasteiger partial charge < -0.3 is 89.8 Å². The largest absolute Gasteiger partial charge is 0.481 e. The SMILES string of the molecule is C[C@@H](O)[C@H](NC(=O)[C@H](Cc1c[nH]c2ccccc12)NC(=O)[C@H](CC(=O)O)NC(=O)[C@H](CC(=O)O)NC(=O)[C@@H](NC(=O)[C@H](CC(N)=O)NC(=O)CNC(=O)[C@H](Cc1cccc2ccccc12)NC(=O)[C@@H](N)CS)[C@@H](C)O)C(=O)N[C@@H](CS)C(=O)O. The molecule has 454 valence electrons. The van der Waals surface area contributed by atoms with Crippen molar-refractivity contribution in [2.75, 3.05) is 18.1 Å². The molecule has 84 heavy (non-hydrogen) atoms. The van der Waals surface area contributed by atoms with E-state index in [2.05, 4.69) is 67.5 Å². The minimum Gasteiger partial charge on any atom is -0.481 e. The van der Waals surface area contributed by atoms with E-state index in [1.54, 1.807) is 54.6 Å². The maximum atomic E-state index is 14.0. The smallest absolute Gasteiger partial charge is 0.327 e. The van der Waals surface area contributed by atoms with Gasteiger partial charge in [-0.25, -0.2) is 4.79 Å². The molecule has 0 aliphatic carbocycles. The Morgan fingerprint density at radius 2 is 0.952 bits per heavy atom. The predicted molar refractivity (Wildman–Crippen MR) is 303 cm³/mol. The van der Waals surface area contributed by atoms with Gasteiger partial charge in [-0.3, -0.25) is 57.5 Å². The third kappa shape index (κ3) is 20.2. The number of aliphatic hydroxyl groups excluding tert-OH is 2. The first-order chi connectivity index (χ1) is 39.6. The van der Waals surface area contributed by atoms with E-state index in [0.717, 1.165) is 24.6 Å². The zero-order valence-electron chi connectivity index (χ0n) is 45.0. The lowest BCUT2D eigenvalue weighted by molar-refractivity contribution is -0.144. The zero-order valence-corrected chi connectivity index (χ0v) is 46.8.